The average Bonchev–Trinajstić information content (AvgIpc) is 3.34. The molecule has 0 bridgehead atoms. The predicted octanol–water partition coefficient (Wildman–Crippen LogP) is 2.23. The first-order valence-electron chi connectivity index (χ1n) is 9.31. The van der Waals surface area contributed by atoms with E-state index >= 15 is 0 Å². The minimum absolute atomic E-state index is 0.200. The Kier molecular flexibility index (Phi) is 4.79. The van der Waals surface area contributed by atoms with Gasteiger partial charge in [-0.1, -0.05) is 6.42 Å². The van der Waals surface area contributed by atoms with Crippen molar-refractivity contribution in [3.05, 3.63) is 0 Å². The molecule has 3 fully saturated rings. The topological polar surface area (TPSA) is 49.6 Å². The molecule has 2 N–H and O–H groups in total. The van der Waals surface area contributed by atoms with E-state index in [1.807, 2.05) is 6.92 Å². The van der Waals surface area contributed by atoms with Crippen molar-refractivity contribution < 1.29 is 4.79 Å². The third kappa shape index (κ3) is 3.48. The maximum absolute atomic E-state index is 12.8. The van der Waals surface area contributed by atoms with E-state index in [9.17, 15) is 4.79 Å². The molecule has 1 saturated carbocycles. The highest BCUT2D eigenvalue weighted by Gasteiger charge is 2.46. The molecule has 2 aliphatic heterocycles. The SMILES string of the molecule is CC1CCCCN1CC1CCCN(C(=O)C(C)(N)C2CC2)C1. The third-order valence-corrected chi connectivity index (χ3v) is 6.13. The Hall–Kier alpha value is -0.610. The molecule has 2 heterocycles. The molecule has 3 atom stereocenters. The minimum Gasteiger partial charge on any atom is -0.341 e. The smallest absolute Gasteiger partial charge is 0.242 e. The summed E-state index contributed by atoms with van der Waals surface area (Å²) in [5.74, 6) is 1.25. The van der Waals surface area contributed by atoms with Crippen LogP contribution >= 0.6 is 0 Å². The number of likely N-dealkylation sites (tertiary alicyclic amines) is 2. The molecular formula is C18H33N3O. The van der Waals surface area contributed by atoms with Gasteiger partial charge in [-0.25, -0.2) is 0 Å². The number of carbonyl (C=O) groups is 1. The summed E-state index contributed by atoms with van der Waals surface area (Å²) in [4.78, 5) is 17.5. The van der Waals surface area contributed by atoms with Crippen LogP contribution in [0.4, 0.5) is 0 Å². The third-order valence-electron chi connectivity index (χ3n) is 6.13. The van der Waals surface area contributed by atoms with Gasteiger partial charge in [0.15, 0.2) is 0 Å². The first-order valence-corrected chi connectivity index (χ1v) is 9.31. The lowest BCUT2D eigenvalue weighted by atomic mass is 9.91. The summed E-state index contributed by atoms with van der Waals surface area (Å²) < 4.78 is 0. The molecule has 3 unspecified atom stereocenters. The van der Waals surface area contributed by atoms with Crippen LogP contribution in [-0.4, -0.2) is 53.5 Å². The Labute approximate surface area is 135 Å². The number of nitrogens with zero attached hydrogens (tertiary/aromatic N) is 2. The maximum Gasteiger partial charge on any atom is 0.242 e. The number of carbonyl (C=O) groups excluding carboxylic acids is 1. The molecule has 0 spiro atoms. The molecule has 1 amide bonds. The summed E-state index contributed by atoms with van der Waals surface area (Å²) in [6.45, 7) is 8.53. The van der Waals surface area contributed by atoms with Crippen LogP contribution in [0.5, 0.6) is 0 Å². The molecule has 0 aromatic heterocycles. The molecular weight excluding hydrogens is 274 g/mol. The van der Waals surface area contributed by atoms with Gasteiger partial charge in [-0.05, 0) is 70.8 Å². The molecule has 3 rings (SSSR count). The lowest BCUT2D eigenvalue weighted by Gasteiger charge is -2.41. The van der Waals surface area contributed by atoms with Gasteiger partial charge in [-0.3, -0.25) is 4.79 Å². The Balaban J connectivity index is 1.55. The van der Waals surface area contributed by atoms with Gasteiger partial charge in [0.1, 0.15) is 0 Å². The van der Waals surface area contributed by atoms with E-state index < -0.39 is 5.54 Å². The lowest BCUT2D eigenvalue weighted by Crippen LogP contribution is -2.57. The number of nitrogens with two attached hydrogens (primary N) is 1. The van der Waals surface area contributed by atoms with Crippen LogP contribution in [0.1, 0.15) is 58.8 Å². The Bertz CT molecular complexity index is 405. The minimum atomic E-state index is -0.625. The Morgan fingerprint density at radius 1 is 1.14 bits per heavy atom. The molecule has 1 aliphatic carbocycles. The Morgan fingerprint density at radius 3 is 2.59 bits per heavy atom. The second-order valence-corrected chi connectivity index (χ2v) is 8.16. The summed E-state index contributed by atoms with van der Waals surface area (Å²) in [5, 5.41) is 0. The summed E-state index contributed by atoms with van der Waals surface area (Å²) in [7, 11) is 0. The van der Waals surface area contributed by atoms with Gasteiger partial charge >= 0.3 is 0 Å². The van der Waals surface area contributed by atoms with Crippen LogP contribution in [0, 0.1) is 11.8 Å². The van der Waals surface area contributed by atoms with Crippen LogP contribution in [0.25, 0.3) is 0 Å². The number of hydrogen-bond donors (Lipinski definition) is 1. The van der Waals surface area contributed by atoms with E-state index in [4.69, 9.17) is 5.73 Å². The highest BCUT2D eigenvalue weighted by Crippen LogP contribution is 2.39. The van der Waals surface area contributed by atoms with Crippen LogP contribution in [0.3, 0.4) is 0 Å². The fourth-order valence-electron chi connectivity index (χ4n) is 4.36. The van der Waals surface area contributed by atoms with Gasteiger partial charge in [-0.15, -0.1) is 0 Å². The van der Waals surface area contributed by atoms with Gasteiger partial charge in [-0.2, -0.15) is 0 Å². The molecule has 22 heavy (non-hydrogen) atoms. The predicted molar refractivity (Wildman–Crippen MR) is 89.5 cm³/mol. The van der Waals surface area contributed by atoms with Crippen molar-refractivity contribution in [2.75, 3.05) is 26.2 Å². The number of amides is 1. The molecule has 0 radical (unpaired) electrons. The molecule has 2 saturated heterocycles. The van der Waals surface area contributed by atoms with Gasteiger partial charge < -0.3 is 15.5 Å². The van der Waals surface area contributed by atoms with E-state index in [-0.39, 0.29) is 5.91 Å². The van der Waals surface area contributed by atoms with Crippen molar-refractivity contribution in [2.24, 2.45) is 17.6 Å². The van der Waals surface area contributed by atoms with Crippen LogP contribution in [0.2, 0.25) is 0 Å². The van der Waals surface area contributed by atoms with Gasteiger partial charge in [0.25, 0.3) is 0 Å². The maximum atomic E-state index is 12.8. The summed E-state index contributed by atoms with van der Waals surface area (Å²) in [5.41, 5.74) is 5.72. The van der Waals surface area contributed by atoms with Crippen molar-refractivity contribution in [1.82, 2.24) is 9.80 Å². The van der Waals surface area contributed by atoms with E-state index in [1.165, 1.54) is 32.2 Å². The summed E-state index contributed by atoms with van der Waals surface area (Å²) in [6, 6.07) is 0.714. The molecule has 3 aliphatic rings. The zero-order valence-electron chi connectivity index (χ0n) is 14.4. The van der Waals surface area contributed by atoms with Crippen molar-refractivity contribution in [3.63, 3.8) is 0 Å². The Morgan fingerprint density at radius 2 is 1.91 bits per heavy atom. The molecule has 4 heteroatoms. The standard InChI is InChI=1S/C18H33N3O/c1-14-6-3-4-10-20(14)12-15-7-5-11-21(13-15)17(22)18(2,19)16-8-9-16/h14-16H,3-13,19H2,1-2H3. The molecule has 0 aromatic carbocycles. The first-order chi connectivity index (χ1) is 10.5. The highest BCUT2D eigenvalue weighted by molar-refractivity contribution is 5.86. The lowest BCUT2D eigenvalue weighted by molar-refractivity contribution is -0.139. The normalized spacial score (nSPS) is 33.5. The summed E-state index contributed by atoms with van der Waals surface area (Å²) >= 11 is 0. The quantitative estimate of drug-likeness (QED) is 0.866. The molecule has 0 aromatic rings. The van der Waals surface area contributed by atoms with E-state index in [1.54, 1.807) is 0 Å². The van der Waals surface area contributed by atoms with E-state index in [2.05, 4.69) is 16.7 Å². The largest absolute Gasteiger partial charge is 0.341 e. The number of hydrogen-bond acceptors (Lipinski definition) is 3. The molecule has 4 nitrogen and oxygen atoms in total. The van der Waals surface area contributed by atoms with Gasteiger partial charge in [0, 0.05) is 25.7 Å². The van der Waals surface area contributed by atoms with Gasteiger partial charge in [0.05, 0.1) is 5.54 Å². The molecule has 126 valence electrons. The second kappa shape index (κ2) is 6.48. The fraction of sp³-hybridized carbons (Fsp3) is 0.944. The van der Waals surface area contributed by atoms with E-state index in [0.717, 1.165) is 38.9 Å². The van der Waals surface area contributed by atoms with Crippen LogP contribution in [-0.2, 0) is 4.79 Å². The zero-order valence-corrected chi connectivity index (χ0v) is 14.4. The highest BCUT2D eigenvalue weighted by atomic mass is 16.2. The second-order valence-electron chi connectivity index (χ2n) is 8.16. The number of rotatable bonds is 4. The average molecular weight is 307 g/mol. The zero-order chi connectivity index (χ0) is 15.7. The van der Waals surface area contributed by atoms with Crippen molar-refractivity contribution in [1.29, 1.82) is 0 Å². The van der Waals surface area contributed by atoms with E-state index in [0.29, 0.717) is 17.9 Å². The fourth-order valence-corrected chi connectivity index (χ4v) is 4.36. The van der Waals surface area contributed by atoms with Crippen LogP contribution < -0.4 is 5.73 Å². The first kappa shape index (κ1) is 16.3. The van der Waals surface area contributed by atoms with Crippen molar-refractivity contribution in [2.45, 2.75) is 70.4 Å². The number of piperidine rings is 2. The monoisotopic (exact) mass is 307 g/mol. The van der Waals surface area contributed by atoms with Crippen molar-refractivity contribution >= 4 is 5.91 Å². The van der Waals surface area contributed by atoms with Crippen LogP contribution in [0.15, 0.2) is 0 Å². The summed E-state index contributed by atoms with van der Waals surface area (Å²) in [6.07, 6.45) is 8.69. The van der Waals surface area contributed by atoms with Gasteiger partial charge in [0.2, 0.25) is 5.91 Å². The van der Waals surface area contributed by atoms with Crippen molar-refractivity contribution in [3.8, 4) is 0 Å².